The van der Waals surface area contributed by atoms with Crippen LogP contribution < -0.4 is 14.7 Å². The number of aryl methyl sites for hydroxylation is 1. The van der Waals surface area contributed by atoms with Gasteiger partial charge in [-0.1, -0.05) is 34.1 Å². The highest BCUT2D eigenvalue weighted by molar-refractivity contribution is 9.10. The summed E-state index contributed by atoms with van der Waals surface area (Å²) in [7, 11) is 7.77. The van der Waals surface area contributed by atoms with Crippen molar-refractivity contribution in [3.63, 3.8) is 0 Å². The number of carbonyl (C=O) groups excluding carboxylic acids is 2. The smallest absolute Gasteiger partial charge is 0.300 e. The van der Waals surface area contributed by atoms with E-state index >= 15 is 0 Å². The van der Waals surface area contributed by atoms with Gasteiger partial charge in [0.15, 0.2) is 0 Å². The molecule has 0 aromatic heterocycles. The Balaban J connectivity index is 1.91. The maximum Gasteiger partial charge on any atom is 0.300 e. The first kappa shape index (κ1) is 24.5. The van der Waals surface area contributed by atoms with Crippen molar-refractivity contribution in [1.82, 2.24) is 0 Å². The Morgan fingerprint density at radius 3 is 1.91 bits per heavy atom. The zero-order chi connectivity index (χ0) is 25.4. The predicted octanol–water partition coefficient (Wildman–Crippen LogP) is 5.52. The highest BCUT2D eigenvalue weighted by Crippen LogP contribution is 2.43. The van der Waals surface area contributed by atoms with E-state index in [0.717, 1.165) is 27.0 Å². The monoisotopic (exact) mass is 533 g/mol. The van der Waals surface area contributed by atoms with Gasteiger partial charge in [0.25, 0.3) is 11.7 Å². The number of aliphatic hydroxyl groups excluding tert-OH is 1. The number of rotatable bonds is 5. The number of hydrogen-bond acceptors (Lipinski definition) is 5. The first-order valence-corrected chi connectivity index (χ1v) is 12.0. The number of amides is 1. The minimum absolute atomic E-state index is 0.0750. The van der Waals surface area contributed by atoms with E-state index in [-0.39, 0.29) is 11.3 Å². The van der Waals surface area contributed by atoms with Gasteiger partial charge in [0, 0.05) is 55.3 Å². The van der Waals surface area contributed by atoms with Crippen molar-refractivity contribution in [3.05, 3.63) is 93.5 Å². The molecule has 1 fully saturated rings. The average molecular weight is 534 g/mol. The van der Waals surface area contributed by atoms with E-state index < -0.39 is 17.7 Å². The number of nitrogens with zero attached hydrogens (tertiary/aromatic N) is 3. The molecule has 7 heteroatoms. The largest absolute Gasteiger partial charge is 0.507 e. The molecule has 3 aromatic carbocycles. The first-order chi connectivity index (χ1) is 16.6. The van der Waals surface area contributed by atoms with E-state index in [9.17, 15) is 14.7 Å². The maximum absolute atomic E-state index is 13.4. The minimum Gasteiger partial charge on any atom is -0.507 e. The van der Waals surface area contributed by atoms with Crippen molar-refractivity contribution in [2.75, 3.05) is 42.9 Å². The molecule has 4 rings (SSSR count). The van der Waals surface area contributed by atoms with E-state index in [4.69, 9.17) is 0 Å². The molecule has 1 saturated heterocycles. The minimum atomic E-state index is -0.764. The third-order valence-electron chi connectivity index (χ3n) is 6.25. The third-order valence-corrected chi connectivity index (χ3v) is 7.14. The van der Waals surface area contributed by atoms with Crippen molar-refractivity contribution >= 4 is 50.4 Å². The van der Waals surface area contributed by atoms with Crippen LogP contribution in [-0.2, 0) is 9.59 Å². The molecule has 180 valence electrons. The maximum atomic E-state index is 13.4. The average Bonchev–Trinajstić information content (AvgIpc) is 3.10. The number of anilines is 3. The molecule has 1 aliphatic rings. The Hall–Kier alpha value is -3.58. The number of hydrogen-bond donors (Lipinski definition) is 1. The van der Waals surface area contributed by atoms with Crippen molar-refractivity contribution in [3.8, 4) is 0 Å². The molecule has 6 nitrogen and oxygen atoms in total. The highest BCUT2D eigenvalue weighted by atomic mass is 79.9. The summed E-state index contributed by atoms with van der Waals surface area (Å²) in [5.74, 6) is -1.56. The van der Waals surface area contributed by atoms with Crippen LogP contribution in [0.3, 0.4) is 0 Å². The molecule has 1 unspecified atom stereocenters. The van der Waals surface area contributed by atoms with Gasteiger partial charge in [0.2, 0.25) is 0 Å². The summed E-state index contributed by atoms with van der Waals surface area (Å²) in [5.41, 5.74) is 4.77. The second-order valence-electron chi connectivity index (χ2n) is 9.03. The zero-order valence-corrected chi connectivity index (χ0v) is 22.0. The van der Waals surface area contributed by atoms with Crippen molar-refractivity contribution < 1.29 is 14.7 Å². The van der Waals surface area contributed by atoms with Crippen LogP contribution in [0.15, 0.2) is 76.8 Å². The normalized spacial score (nSPS) is 17.1. The second-order valence-corrected chi connectivity index (χ2v) is 9.88. The molecule has 35 heavy (non-hydrogen) atoms. The Bertz CT molecular complexity index is 1310. The first-order valence-electron chi connectivity index (χ1n) is 11.2. The van der Waals surface area contributed by atoms with E-state index in [1.54, 1.807) is 12.1 Å². The van der Waals surface area contributed by atoms with Crippen LogP contribution in [0.5, 0.6) is 0 Å². The predicted molar refractivity (Wildman–Crippen MR) is 145 cm³/mol. The molecule has 1 amide bonds. The lowest BCUT2D eigenvalue weighted by molar-refractivity contribution is -0.132. The van der Waals surface area contributed by atoms with Gasteiger partial charge in [-0.25, -0.2) is 0 Å². The number of carbonyl (C=O) groups is 2. The molecular formula is C28H28BrN3O3. The van der Waals surface area contributed by atoms with Crippen LogP contribution in [0.2, 0.25) is 0 Å². The number of aliphatic hydroxyl groups is 1. The molecule has 1 atom stereocenters. The fraction of sp³-hybridized carbons (Fsp3) is 0.214. The molecular weight excluding hydrogens is 506 g/mol. The fourth-order valence-electron chi connectivity index (χ4n) is 4.23. The Labute approximate surface area is 214 Å². The van der Waals surface area contributed by atoms with Gasteiger partial charge in [-0.15, -0.1) is 0 Å². The van der Waals surface area contributed by atoms with Crippen LogP contribution in [0.4, 0.5) is 17.1 Å². The van der Waals surface area contributed by atoms with Crippen LogP contribution in [0, 0.1) is 6.92 Å². The van der Waals surface area contributed by atoms with E-state index in [1.807, 2.05) is 99.5 Å². The Morgan fingerprint density at radius 2 is 1.40 bits per heavy atom. The van der Waals surface area contributed by atoms with Crippen LogP contribution in [-0.4, -0.2) is 45.0 Å². The Kier molecular flexibility index (Phi) is 6.72. The van der Waals surface area contributed by atoms with Gasteiger partial charge < -0.3 is 14.9 Å². The summed E-state index contributed by atoms with van der Waals surface area (Å²) < 4.78 is 0.895. The number of benzene rings is 3. The van der Waals surface area contributed by atoms with Crippen molar-refractivity contribution in [2.24, 2.45) is 0 Å². The molecule has 0 saturated carbocycles. The van der Waals surface area contributed by atoms with Gasteiger partial charge in [-0.3, -0.25) is 14.5 Å². The molecule has 1 aliphatic heterocycles. The van der Waals surface area contributed by atoms with Gasteiger partial charge in [0.1, 0.15) is 5.76 Å². The lowest BCUT2D eigenvalue weighted by atomic mass is 9.94. The van der Waals surface area contributed by atoms with E-state index in [0.29, 0.717) is 11.3 Å². The number of halogens is 1. The standard InChI is InChI=1S/C28H28BrN3O3/c1-17-16-19(8-15-23(17)29)26(33)24-25(18-6-9-20(10-7-18)30(2)3)32(28(35)27(24)34)22-13-11-21(12-14-22)31(4)5/h6-16,25,33H,1-5H3/b26-24-. The lowest BCUT2D eigenvalue weighted by Gasteiger charge is -2.26. The molecule has 0 spiro atoms. The molecule has 1 N–H and O–H groups in total. The molecule has 3 aromatic rings. The van der Waals surface area contributed by atoms with Crippen molar-refractivity contribution in [1.29, 1.82) is 0 Å². The summed E-state index contributed by atoms with van der Waals surface area (Å²) in [6.45, 7) is 1.91. The Morgan fingerprint density at radius 1 is 0.857 bits per heavy atom. The molecule has 1 heterocycles. The van der Waals surface area contributed by atoms with Crippen LogP contribution in [0.1, 0.15) is 22.7 Å². The summed E-state index contributed by atoms with van der Waals surface area (Å²) >= 11 is 3.47. The summed E-state index contributed by atoms with van der Waals surface area (Å²) in [4.78, 5) is 32.1. The summed E-state index contributed by atoms with van der Waals surface area (Å²) in [6.07, 6.45) is 0. The summed E-state index contributed by atoms with van der Waals surface area (Å²) in [6, 6.07) is 19.7. The fourth-order valence-corrected chi connectivity index (χ4v) is 4.47. The van der Waals surface area contributed by atoms with Gasteiger partial charge >= 0.3 is 0 Å². The third kappa shape index (κ3) is 4.56. The van der Waals surface area contributed by atoms with Gasteiger partial charge in [-0.2, -0.15) is 0 Å². The number of ketones is 1. The van der Waals surface area contributed by atoms with E-state index in [1.165, 1.54) is 4.90 Å². The van der Waals surface area contributed by atoms with Gasteiger partial charge in [-0.05, 0) is 66.6 Å². The van der Waals surface area contributed by atoms with Gasteiger partial charge in [0.05, 0.1) is 11.6 Å². The highest BCUT2D eigenvalue weighted by Gasteiger charge is 2.47. The number of Topliss-reactive ketones (excluding diaryl/α,β-unsaturated/α-hetero) is 1. The van der Waals surface area contributed by atoms with E-state index in [2.05, 4.69) is 15.9 Å². The lowest BCUT2D eigenvalue weighted by Crippen LogP contribution is -2.29. The quantitative estimate of drug-likeness (QED) is 0.266. The zero-order valence-electron chi connectivity index (χ0n) is 20.4. The molecule has 0 radical (unpaired) electrons. The SMILES string of the molecule is Cc1cc(/C(O)=C2/C(=O)C(=O)N(c3ccc(N(C)C)cc3)C2c2ccc(N(C)C)cc2)ccc1Br. The molecule has 0 bridgehead atoms. The molecule has 0 aliphatic carbocycles. The van der Waals surface area contributed by atoms with Crippen LogP contribution >= 0.6 is 15.9 Å². The van der Waals surface area contributed by atoms with Crippen molar-refractivity contribution in [2.45, 2.75) is 13.0 Å². The second kappa shape index (κ2) is 9.58. The van der Waals surface area contributed by atoms with Crippen LogP contribution in [0.25, 0.3) is 5.76 Å². The summed E-state index contributed by atoms with van der Waals surface area (Å²) in [5, 5.41) is 11.3. The topological polar surface area (TPSA) is 64.1 Å².